The Morgan fingerprint density at radius 1 is 1.00 bits per heavy atom. The number of methoxy groups -OCH3 is 1. The Bertz CT molecular complexity index is 1500. The van der Waals surface area contributed by atoms with Crippen molar-refractivity contribution in [3.63, 3.8) is 0 Å². The van der Waals surface area contributed by atoms with Crippen LogP contribution in [0.5, 0.6) is 5.75 Å². The summed E-state index contributed by atoms with van der Waals surface area (Å²) in [6.07, 6.45) is -4.60. The number of aromatic nitrogens is 1. The van der Waals surface area contributed by atoms with Gasteiger partial charge >= 0.3 is 6.18 Å². The van der Waals surface area contributed by atoms with E-state index in [1.165, 1.54) is 31.4 Å². The molecule has 0 saturated heterocycles. The number of hydrogen-bond donors (Lipinski definition) is 3. The summed E-state index contributed by atoms with van der Waals surface area (Å²) >= 11 is 0.779. The molecule has 4 N–H and O–H groups in total. The summed E-state index contributed by atoms with van der Waals surface area (Å²) in [5.41, 5.74) is 4.48. The van der Waals surface area contributed by atoms with Crippen molar-refractivity contribution in [1.82, 2.24) is 4.98 Å². The molecule has 0 saturated carbocycles. The number of nitrogen functional groups attached to an aromatic ring is 1. The molecule has 13 heteroatoms. The first kappa shape index (κ1) is 26.5. The molecular formula is C25H17F5N4O3S. The molecule has 0 aliphatic carbocycles. The van der Waals surface area contributed by atoms with E-state index < -0.39 is 40.6 Å². The predicted molar refractivity (Wildman–Crippen MR) is 132 cm³/mol. The minimum atomic E-state index is -4.60. The third-order valence-electron chi connectivity index (χ3n) is 5.22. The van der Waals surface area contributed by atoms with Gasteiger partial charge in [0.25, 0.3) is 5.91 Å². The summed E-state index contributed by atoms with van der Waals surface area (Å²) in [6.45, 7) is 0. The van der Waals surface area contributed by atoms with Crippen LogP contribution in [-0.4, -0.2) is 23.8 Å². The highest BCUT2D eigenvalue weighted by molar-refractivity contribution is 7.18. The van der Waals surface area contributed by atoms with Crippen LogP contribution in [0, 0.1) is 11.6 Å². The van der Waals surface area contributed by atoms with Gasteiger partial charge in [-0.1, -0.05) is 17.4 Å². The maximum Gasteiger partial charge on any atom is 0.416 e. The Morgan fingerprint density at radius 3 is 2.26 bits per heavy atom. The molecule has 0 spiro atoms. The fourth-order valence-electron chi connectivity index (χ4n) is 3.38. The number of rotatable bonds is 7. The van der Waals surface area contributed by atoms with Crippen LogP contribution in [0.2, 0.25) is 0 Å². The van der Waals surface area contributed by atoms with E-state index in [4.69, 9.17) is 10.5 Å². The highest BCUT2D eigenvalue weighted by Crippen LogP contribution is 2.35. The zero-order valence-electron chi connectivity index (χ0n) is 19.3. The molecule has 0 radical (unpaired) electrons. The van der Waals surface area contributed by atoms with Crippen molar-refractivity contribution >= 4 is 45.4 Å². The first-order valence-corrected chi connectivity index (χ1v) is 11.5. The first-order valence-electron chi connectivity index (χ1n) is 10.7. The van der Waals surface area contributed by atoms with E-state index in [0.717, 1.165) is 47.7 Å². The topological polar surface area (TPSA) is 106 Å². The Labute approximate surface area is 216 Å². The number of nitrogens with zero attached hydrogens (tertiary/aromatic N) is 1. The number of nitrogens with one attached hydrogen (secondary N) is 2. The van der Waals surface area contributed by atoms with E-state index >= 15 is 0 Å². The third-order valence-corrected chi connectivity index (χ3v) is 6.21. The number of amides is 1. The standard InChI is InChI=1S/C25H17F5N4O3S/c1-37-18-10-7-13(25(28,29)30)11-17(18)33-23(36)12-5-8-14(9-6-12)32-24-34-22(31)21(38-24)20(35)19-15(26)3-2-4-16(19)27/h2-11H,31H2,1H3,(H,32,34)(H,33,36). The molecule has 0 aliphatic heterocycles. The molecule has 1 aromatic heterocycles. The van der Waals surface area contributed by atoms with Crippen LogP contribution in [0.15, 0.2) is 60.7 Å². The largest absolute Gasteiger partial charge is 0.495 e. The lowest BCUT2D eigenvalue weighted by atomic mass is 10.1. The molecule has 4 rings (SSSR count). The number of benzene rings is 3. The summed E-state index contributed by atoms with van der Waals surface area (Å²) in [6, 6.07) is 11.5. The van der Waals surface area contributed by atoms with Crippen LogP contribution in [0.3, 0.4) is 0 Å². The Balaban J connectivity index is 1.49. The number of anilines is 4. The fraction of sp³-hybridized carbons (Fsp3) is 0.0800. The number of halogens is 5. The van der Waals surface area contributed by atoms with Crippen molar-refractivity contribution in [3.8, 4) is 5.75 Å². The van der Waals surface area contributed by atoms with Crippen molar-refractivity contribution in [2.45, 2.75) is 6.18 Å². The van der Waals surface area contributed by atoms with Gasteiger partial charge in [0.1, 0.15) is 28.1 Å². The number of ether oxygens (including phenoxy) is 1. The molecule has 0 aliphatic rings. The quantitative estimate of drug-likeness (QED) is 0.186. The van der Waals surface area contributed by atoms with E-state index in [1.807, 2.05) is 0 Å². The minimum absolute atomic E-state index is 0.0478. The lowest BCUT2D eigenvalue weighted by Gasteiger charge is -2.14. The normalized spacial score (nSPS) is 11.2. The van der Waals surface area contributed by atoms with Crippen molar-refractivity contribution < 1.29 is 36.3 Å². The van der Waals surface area contributed by atoms with Gasteiger partial charge < -0.3 is 21.1 Å². The number of hydrogen-bond acceptors (Lipinski definition) is 7. The third kappa shape index (κ3) is 5.57. The van der Waals surface area contributed by atoms with Gasteiger partial charge in [0.05, 0.1) is 23.9 Å². The molecule has 0 unspecified atom stereocenters. The summed E-state index contributed by atoms with van der Waals surface area (Å²) in [5, 5.41) is 5.41. The Morgan fingerprint density at radius 2 is 1.66 bits per heavy atom. The molecule has 0 bridgehead atoms. The van der Waals surface area contributed by atoms with Gasteiger partial charge in [-0.05, 0) is 54.6 Å². The van der Waals surface area contributed by atoms with Crippen molar-refractivity contribution in [1.29, 1.82) is 0 Å². The Hall–Kier alpha value is -4.52. The van der Waals surface area contributed by atoms with Crippen LogP contribution < -0.4 is 21.1 Å². The molecular weight excluding hydrogens is 531 g/mol. The summed E-state index contributed by atoms with van der Waals surface area (Å²) in [7, 11) is 1.26. The van der Waals surface area contributed by atoms with Gasteiger partial charge in [-0.3, -0.25) is 9.59 Å². The number of ketones is 1. The molecule has 7 nitrogen and oxygen atoms in total. The highest BCUT2D eigenvalue weighted by atomic mass is 32.1. The molecule has 4 aromatic rings. The van der Waals surface area contributed by atoms with E-state index in [9.17, 15) is 31.5 Å². The van der Waals surface area contributed by atoms with Crippen LogP contribution in [0.25, 0.3) is 0 Å². The van der Waals surface area contributed by atoms with E-state index in [0.29, 0.717) is 5.69 Å². The van der Waals surface area contributed by atoms with Gasteiger partial charge in [-0.25, -0.2) is 13.8 Å². The molecule has 1 amide bonds. The van der Waals surface area contributed by atoms with E-state index in [1.54, 1.807) is 0 Å². The maximum atomic E-state index is 14.0. The van der Waals surface area contributed by atoms with Crippen LogP contribution >= 0.6 is 11.3 Å². The second kappa shape index (κ2) is 10.5. The average molecular weight is 548 g/mol. The fourth-order valence-corrected chi connectivity index (χ4v) is 4.23. The number of carbonyl (C=O) groups excluding carboxylic acids is 2. The van der Waals surface area contributed by atoms with Crippen molar-refractivity contribution in [2.75, 3.05) is 23.5 Å². The van der Waals surface area contributed by atoms with Crippen molar-refractivity contribution in [3.05, 3.63) is 93.9 Å². The zero-order valence-corrected chi connectivity index (χ0v) is 20.1. The smallest absolute Gasteiger partial charge is 0.416 e. The summed E-state index contributed by atoms with van der Waals surface area (Å²) in [4.78, 5) is 29.1. The van der Waals surface area contributed by atoms with Gasteiger partial charge in [0, 0.05) is 11.3 Å². The summed E-state index contributed by atoms with van der Waals surface area (Å²) in [5.74, 6) is -3.89. The lowest BCUT2D eigenvalue weighted by Crippen LogP contribution is -2.14. The Kier molecular flexibility index (Phi) is 7.30. The number of nitrogens with two attached hydrogens (primary N) is 1. The monoisotopic (exact) mass is 548 g/mol. The first-order chi connectivity index (χ1) is 18.0. The molecule has 38 heavy (non-hydrogen) atoms. The SMILES string of the molecule is COc1ccc(C(F)(F)F)cc1NC(=O)c1ccc(Nc2nc(N)c(C(=O)c3c(F)cccc3F)s2)cc1. The average Bonchev–Trinajstić information content (AvgIpc) is 3.23. The van der Waals surface area contributed by atoms with Gasteiger partial charge in [-0.15, -0.1) is 0 Å². The predicted octanol–water partition coefficient (Wildman–Crippen LogP) is 6.26. The summed E-state index contributed by atoms with van der Waals surface area (Å²) < 4.78 is 72.2. The van der Waals surface area contributed by atoms with Crippen LogP contribution in [0.1, 0.15) is 31.2 Å². The number of alkyl halides is 3. The number of carbonyl (C=O) groups is 2. The second-order valence-corrected chi connectivity index (χ2v) is 8.73. The second-order valence-electron chi connectivity index (χ2n) is 7.73. The molecule has 0 atom stereocenters. The highest BCUT2D eigenvalue weighted by Gasteiger charge is 2.31. The lowest BCUT2D eigenvalue weighted by molar-refractivity contribution is -0.137. The van der Waals surface area contributed by atoms with Gasteiger partial charge in [-0.2, -0.15) is 13.2 Å². The zero-order chi connectivity index (χ0) is 27.6. The van der Waals surface area contributed by atoms with Crippen molar-refractivity contribution in [2.24, 2.45) is 0 Å². The molecule has 0 fully saturated rings. The molecule has 3 aromatic carbocycles. The number of thiazole rings is 1. The van der Waals surface area contributed by atoms with Crippen LogP contribution in [0.4, 0.5) is 44.3 Å². The molecule has 1 heterocycles. The van der Waals surface area contributed by atoms with E-state index in [-0.39, 0.29) is 32.8 Å². The molecule has 196 valence electrons. The van der Waals surface area contributed by atoms with Gasteiger partial charge in [0.2, 0.25) is 5.78 Å². The van der Waals surface area contributed by atoms with Crippen LogP contribution in [-0.2, 0) is 6.18 Å². The minimum Gasteiger partial charge on any atom is -0.495 e. The maximum absolute atomic E-state index is 14.0. The van der Waals surface area contributed by atoms with Gasteiger partial charge in [0.15, 0.2) is 5.13 Å². The van der Waals surface area contributed by atoms with E-state index in [2.05, 4.69) is 15.6 Å².